The molecule has 0 aliphatic heterocycles. The molecule has 118 valence electrons. The van der Waals surface area contributed by atoms with Crippen molar-refractivity contribution in [2.45, 2.75) is 12.5 Å². The molecule has 0 radical (unpaired) electrons. The van der Waals surface area contributed by atoms with Crippen LogP contribution in [0, 0.1) is 3.57 Å². The lowest BCUT2D eigenvalue weighted by Crippen LogP contribution is -2.42. The minimum absolute atomic E-state index is 0.222. The van der Waals surface area contributed by atoms with E-state index < -0.39 is 17.9 Å². The van der Waals surface area contributed by atoms with E-state index in [9.17, 15) is 14.7 Å². The number of halogens is 1. The molecule has 0 heterocycles. The van der Waals surface area contributed by atoms with Crippen molar-refractivity contribution >= 4 is 40.0 Å². The maximum Gasteiger partial charge on any atom is 0.326 e. The number of benzene rings is 2. The van der Waals surface area contributed by atoms with Crippen molar-refractivity contribution in [2.24, 2.45) is 0 Å². The number of rotatable bonds is 6. The molecule has 0 aromatic heterocycles. The molecule has 2 aromatic carbocycles. The Bertz CT molecular complexity index is 711. The number of nitrogens with one attached hydrogen (secondary N) is 1. The van der Waals surface area contributed by atoms with Gasteiger partial charge in [0.1, 0.15) is 6.04 Å². The average molecular weight is 421 g/mol. The van der Waals surface area contributed by atoms with Crippen molar-refractivity contribution in [3.63, 3.8) is 0 Å². The molecule has 0 bridgehead atoms. The summed E-state index contributed by atoms with van der Waals surface area (Å²) in [5.41, 5.74) is 1.77. The van der Waals surface area contributed by atoms with Gasteiger partial charge in [0.2, 0.25) is 0 Å². The lowest BCUT2D eigenvalue weighted by Gasteiger charge is -2.16. The molecule has 1 amide bonds. The van der Waals surface area contributed by atoms with Gasteiger partial charge in [0.25, 0.3) is 5.91 Å². The van der Waals surface area contributed by atoms with Crippen molar-refractivity contribution in [2.75, 3.05) is 0 Å². The fourth-order valence-corrected chi connectivity index (χ4v) is 2.43. The van der Waals surface area contributed by atoms with Crippen LogP contribution in [0.15, 0.2) is 61.2 Å². The minimum atomic E-state index is -1.07. The van der Waals surface area contributed by atoms with Gasteiger partial charge >= 0.3 is 5.97 Å². The molecular weight excluding hydrogens is 405 g/mol. The Balaban J connectivity index is 2.07. The molecule has 1 unspecified atom stereocenters. The predicted molar refractivity (Wildman–Crippen MR) is 97.9 cm³/mol. The lowest BCUT2D eigenvalue weighted by atomic mass is 10.0. The van der Waals surface area contributed by atoms with Crippen molar-refractivity contribution < 1.29 is 14.7 Å². The van der Waals surface area contributed by atoms with Crippen LogP contribution in [-0.2, 0) is 16.0 Å². The van der Waals surface area contributed by atoms with Gasteiger partial charge in [-0.3, -0.25) is 4.79 Å². The van der Waals surface area contributed by atoms with Gasteiger partial charge in [0.05, 0.1) is 0 Å². The quantitative estimate of drug-likeness (QED) is 0.557. The number of carbonyl (C=O) groups excluding carboxylic acids is 1. The number of amides is 1. The Morgan fingerprint density at radius 2 is 1.70 bits per heavy atom. The van der Waals surface area contributed by atoms with Crippen LogP contribution >= 0.6 is 22.6 Å². The summed E-state index contributed by atoms with van der Waals surface area (Å²) in [4.78, 5) is 23.6. The van der Waals surface area contributed by atoms with Gasteiger partial charge in [-0.15, -0.1) is 0 Å². The Kier molecular flexibility index (Phi) is 5.92. The molecule has 0 aliphatic rings. The number of hydrogen-bond donors (Lipinski definition) is 2. The van der Waals surface area contributed by atoms with Gasteiger partial charge in [-0.1, -0.05) is 49.0 Å². The molecule has 2 aromatic rings. The van der Waals surface area contributed by atoms with Crippen molar-refractivity contribution in [1.29, 1.82) is 0 Å². The van der Waals surface area contributed by atoms with Gasteiger partial charge in [-0.25, -0.2) is 4.79 Å². The molecule has 0 spiro atoms. The number of hydrogen-bond acceptors (Lipinski definition) is 2. The first kappa shape index (κ1) is 17.2. The van der Waals surface area contributed by atoms with E-state index in [1.807, 2.05) is 30.3 Å². The van der Waals surface area contributed by atoms with E-state index in [1.54, 1.807) is 24.3 Å². The van der Waals surface area contributed by atoms with Crippen LogP contribution in [0.4, 0.5) is 0 Å². The van der Waals surface area contributed by atoms with Crippen molar-refractivity contribution in [3.8, 4) is 0 Å². The zero-order valence-electron chi connectivity index (χ0n) is 12.3. The predicted octanol–water partition coefficient (Wildman–Crippen LogP) is 3.12. The summed E-state index contributed by atoms with van der Waals surface area (Å²) in [7, 11) is 0. The van der Waals surface area contributed by atoms with E-state index in [0.29, 0.717) is 5.56 Å². The summed E-state index contributed by atoms with van der Waals surface area (Å²) in [6.45, 7) is 3.75. The third-order valence-electron chi connectivity index (χ3n) is 3.35. The number of carbonyl (C=O) groups is 2. The van der Waals surface area contributed by atoms with Crippen LogP contribution in [0.2, 0.25) is 0 Å². The summed E-state index contributed by atoms with van der Waals surface area (Å²) in [5.74, 6) is -1.55. The van der Waals surface area contributed by atoms with Crippen LogP contribution in [0.25, 0.3) is 5.57 Å². The zero-order chi connectivity index (χ0) is 16.8. The summed E-state index contributed by atoms with van der Waals surface area (Å²) in [5, 5.41) is 11.9. The Morgan fingerprint density at radius 3 is 2.26 bits per heavy atom. The van der Waals surface area contributed by atoms with Crippen molar-refractivity contribution in [3.05, 3.63) is 75.9 Å². The molecule has 23 heavy (non-hydrogen) atoms. The van der Waals surface area contributed by atoms with Crippen molar-refractivity contribution in [1.82, 2.24) is 5.32 Å². The Hall–Kier alpha value is -2.15. The second-order valence-electron chi connectivity index (χ2n) is 5.04. The Morgan fingerprint density at radius 1 is 1.09 bits per heavy atom. The summed E-state index contributed by atoms with van der Waals surface area (Å²) in [6.07, 6.45) is 0.222. The Labute approximate surface area is 148 Å². The first-order valence-corrected chi connectivity index (χ1v) is 8.07. The van der Waals surface area contributed by atoms with Crippen LogP contribution in [0.3, 0.4) is 0 Å². The lowest BCUT2D eigenvalue weighted by molar-refractivity contribution is -0.141. The largest absolute Gasteiger partial charge is 0.480 e. The van der Waals surface area contributed by atoms with E-state index >= 15 is 0 Å². The minimum Gasteiger partial charge on any atom is -0.480 e. The highest BCUT2D eigenvalue weighted by atomic mass is 127. The van der Waals surface area contributed by atoms with E-state index in [0.717, 1.165) is 9.13 Å². The summed E-state index contributed by atoms with van der Waals surface area (Å²) in [6, 6.07) is 15.5. The van der Waals surface area contributed by atoms with E-state index in [2.05, 4.69) is 34.5 Å². The molecule has 2 N–H and O–H groups in total. The fraction of sp³-hybridized carbons (Fsp3) is 0.111. The second-order valence-corrected chi connectivity index (χ2v) is 6.29. The van der Waals surface area contributed by atoms with Crippen LogP contribution in [0.1, 0.15) is 11.1 Å². The SMILES string of the molecule is C=C(C(=O)NC(Cc1ccc(I)cc1)C(=O)O)c1ccccc1. The highest BCUT2D eigenvalue weighted by Crippen LogP contribution is 2.13. The van der Waals surface area contributed by atoms with E-state index in [1.165, 1.54) is 0 Å². The van der Waals surface area contributed by atoms with Gasteiger partial charge in [-0.2, -0.15) is 0 Å². The highest BCUT2D eigenvalue weighted by Gasteiger charge is 2.22. The molecule has 0 aliphatic carbocycles. The van der Waals surface area contributed by atoms with Crippen LogP contribution in [-0.4, -0.2) is 23.0 Å². The number of aliphatic carboxylic acids is 1. The molecule has 0 fully saturated rings. The number of carboxylic acid groups (broad SMARTS) is 1. The molecule has 4 nitrogen and oxygen atoms in total. The van der Waals surface area contributed by atoms with E-state index in [-0.39, 0.29) is 12.0 Å². The first-order chi connectivity index (χ1) is 11.0. The topological polar surface area (TPSA) is 66.4 Å². The highest BCUT2D eigenvalue weighted by molar-refractivity contribution is 14.1. The monoisotopic (exact) mass is 421 g/mol. The fourth-order valence-electron chi connectivity index (χ4n) is 2.07. The third-order valence-corrected chi connectivity index (χ3v) is 4.07. The third kappa shape index (κ3) is 4.92. The smallest absolute Gasteiger partial charge is 0.326 e. The first-order valence-electron chi connectivity index (χ1n) is 7.00. The number of carboxylic acids is 1. The summed E-state index contributed by atoms with van der Waals surface area (Å²) >= 11 is 2.18. The molecule has 1 atom stereocenters. The maximum absolute atomic E-state index is 12.2. The van der Waals surface area contributed by atoms with Gasteiger partial charge in [0.15, 0.2) is 0 Å². The molecular formula is C18H16INO3. The molecule has 0 saturated heterocycles. The standard InChI is InChI=1S/C18H16INO3/c1-12(14-5-3-2-4-6-14)17(21)20-16(18(22)23)11-13-7-9-15(19)10-8-13/h2-10,16H,1,11H2,(H,20,21)(H,22,23). The van der Waals surface area contributed by atoms with Gasteiger partial charge < -0.3 is 10.4 Å². The van der Waals surface area contributed by atoms with E-state index in [4.69, 9.17) is 0 Å². The molecule has 0 saturated carbocycles. The normalized spacial score (nSPS) is 11.5. The summed E-state index contributed by atoms with van der Waals surface area (Å²) < 4.78 is 1.07. The zero-order valence-corrected chi connectivity index (χ0v) is 14.5. The second kappa shape index (κ2) is 7.92. The maximum atomic E-state index is 12.2. The van der Waals surface area contributed by atoms with Crippen LogP contribution < -0.4 is 5.32 Å². The van der Waals surface area contributed by atoms with Gasteiger partial charge in [-0.05, 0) is 45.9 Å². The molecule has 2 rings (SSSR count). The molecule has 5 heteroatoms. The van der Waals surface area contributed by atoms with Crippen LogP contribution in [0.5, 0.6) is 0 Å². The van der Waals surface area contributed by atoms with Gasteiger partial charge in [0, 0.05) is 15.6 Å². The average Bonchev–Trinajstić information content (AvgIpc) is 2.56.